The molecule has 0 aromatic carbocycles. The van der Waals surface area contributed by atoms with E-state index in [-0.39, 0.29) is 5.91 Å². The quantitative estimate of drug-likeness (QED) is 0.0306. The van der Waals surface area contributed by atoms with Crippen molar-refractivity contribution >= 4 is 13.7 Å². The van der Waals surface area contributed by atoms with Crippen molar-refractivity contribution in [3.8, 4) is 0 Å². The Labute approximate surface area is 278 Å². The fourth-order valence-electron chi connectivity index (χ4n) is 5.81. The maximum absolute atomic E-state index is 12.5. The summed E-state index contributed by atoms with van der Waals surface area (Å²) >= 11 is 0. The summed E-state index contributed by atoms with van der Waals surface area (Å²) in [4.78, 5) is 30.8. The maximum Gasteiger partial charge on any atom is 0.469 e. The van der Waals surface area contributed by atoms with Gasteiger partial charge >= 0.3 is 7.82 Å². The van der Waals surface area contributed by atoms with E-state index in [0.29, 0.717) is 6.42 Å². The Hall–Kier alpha value is -0.720. The predicted octanol–water partition coefficient (Wildman–Crippen LogP) is 10.9. The summed E-state index contributed by atoms with van der Waals surface area (Å²) in [5.41, 5.74) is 0. The molecule has 268 valence electrons. The van der Waals surface area contributed by atoms with E-state index in [0.717, 1.165) is 38.5 Å². The van der Waals surface area contributed by atoms with Gasteiger partial charge in [-0.1, -0.05) is 187 Å². The second-order valence-electron chi connectivity index (χ2n) is 13.3. The molecule has 0 saturated heterocycles. The number of nitrogens with one attached hydrogen (secondary N) is 1. The smallest absolute Gasteiger partial charge is 0.387 e. The average Bonchev–Trinajstić information content (AvgIpc) is 3.00. The summed E-state index contributed by atoms with van der Waals surface area (Å²) in [5.74, 6) is -0.225. The number of carbonyl (C=O) groups is 1. The zero-order valence-corrected chi connectivity index (χ0v) is 30.4. The minimum absolute atomic E-state index is 0.225. The van der Waals surface area contributed by atoms with E-state index in [9.17, 15) is 14.5 Å². The lowest BCUT2D eigenvalue weighted by molar-refractivity contribution is -0.123. The van der Waals surface area contributed by atoms with Crippen molar-refractivity contribution in [3.63, 3.8) is 0 Å². The zero-order chi connectivity index (χ0) is 33.3. The summed E-state index contributed by atoms with van der Waals surface area (Å²) in [5, 5.41) is 13.3. The van der Waals surface area contributed by atoms with E-state index in [4.69, 9.17) is 9.79 Å². The van der Waals surface area contributed by atoms with Gasteiger partial charge in [0.25, 0.3) is 0 Å². The number of aliphatic hydroxyl groups excluding tert-OH is 1. The summed E-state index contributed by atoms with van der Waals surface area (Å²) in [6, 6.07) is -0.903. The van der Waals surface area contributed by atoms with Gasteiger partial charge in [0, 0.05) is 6.42 Å². The molecule has 8 heteroatoms. The Bertz CT molecular complexity index is 713. The summed E-state index contributed by atoms with van der Waals surface area (Å²) in [6.07, 6.45) is 37.9. The molecule has 0 aliphatic rings. The number of phosphoric ester groups is 1. The molecule has 0 radical (unpaired) electrons. The lowest BCUT2D eigenvalue weighted by Gasteiger charge is -2.22. The van der Waals surface area contributed by atoms with Crippen LogP contribution in [0.25, 0.3) is 0 Å². The van der Waals surface area contributed by atoms with Crippen LogP contribution in [0.1, 0.15) is 200 Å². The highest BCUT2D eigenvalue weighted by atomic mass is 31.2. The van der Waals surface area contributed by atoms with Crippen LogP contribution in [0.4, 0.5) is 0 Å². The number of amides is 1. The van der Waals surface area contributed by atoms with Gasteiger partial charge in [0.2, 0.25) is 5.91 Å². The molecule has 7 nitrogen and oxygen atoms in total. The highest BCUT2D eigenvalue weighted by Gasteiger charge is 2.24. The van der Waals surface area contributed by atoms with Crippen molar-refractivity contribution in [3.05, 3.63) is 12.2 Å². The van der Waals surface area contributed by atoms with Crippen molar-refractivity contribution in [2.75, 3.05) is 6.61 Å². The van der Waals surface area contributed by atoms with Crippen LogP contribution in [-0.4, -0.2) is 39.6 Å². The first-order valence-corrected chi connectivity index (χ1v) is 20.7. The Morgan fingerprint density at radius 3 is 1.36 bits per heavy atom. The molecule has 0 fully saturated rings. The Balaban J connectivity index is 4.01. The number of unbranched alkanes of at least 4 members (excludes halogenated alkanes) is 26. The van der Waals surface area contributed by atoms with E-state index < -0.39 is 26.6 Å². The standard InChI is InChI=1S/C37H74NO6P/c1-3-5-7-9-11-13-15-17-19-20-22-24-26-28-30-32-36(39)35(34-44-45(41,42)43)38-37(40)33-31-29-27-25-23-21-18-16-14-12-10-8-6-4-2/h30,32,35-36,39H,3-29,31,33-34H2,1-2H3,(H,38,40)(H2,41,42,43)/b32-30+/t35-,36+/m0/s1. The van der Waals surface area contributed by atoms with Gasteiger partial charge in [-0.05, 0) is 19.3 Å². The molecule has 1 amide bonds. The van der Waals surface area contributed by atoms with Crippen LogP contribution in [0.15, 0.2) is 12.2 Å². The summed E-state index contributed by atoms with van der Waals surface area (Å²) < 4.78 is 15.9. The van der Waals surface area contributed by atoms with Crippen LogP contribution in [0.2, 0.25) is 0 Å². The number of phosphoric acid groups is 1. The third kappa shape index (κ3) is 34.4. The van der Waals surface area contributed by atoms with Gasteiger partial charge < -0.3 is 20.2 Å². The molecule has 0 rings (SSSR count). The highest BCUT2D eigenvalue weighted by molar-refractivity contribution is 7.46. The second-order valence-corrected chi connectivity index (χ2v) is 14.5. The first kappa shape index (κ1) is 44.3. The zero-order valence-electron chi connectivity index (χ0n) is 29.5. The molecule has 0 aliphatic carbocycles. The topological polar surface area (TPSA) is 116 Å². The van der Waals surface area contributed by atoms with Gasteiger partial charge in [-0.2, -0.15) is 0 Å². The molecular weight excluding hydrogens is 585 g/mol. The van der Waals surface area contributed by atoms with Gasteiger partial charge in [0.15, 0.2) is 0 Å². The molecular formula is C37H74NO6P. The fraction of sp³-hybridized carbons (Fsp3) is 0.919. The molecule has 0 heterocycles. The fourth-order valence-corrected chi connectivity index (χ4v) is 6.17. The van der Waals surface area contributed by atoms with Gasteiger partial charge in [-0.15, -0.1) is 0 Å². The Kier molecular flexibility index (Phi) is 32.7. The van der Waals surface area contributed by atoms with Crippen LogP contribution in [-0.2, 0) is 13.9 Å². The van der Waals surface area contributed by atoms with Crippen LogP contribution in [0, 0.1) is 0 Å². The molecule has 0 aromatic heterocycles. The van der Waals surface area contributed by atoms with E-state index >= 15 is 0 Å². The minimum atomic E-state index is -4.70. The predicted molar refractivity (Wildman–Crippen MR) is 190 cm³/mol. The number of rotatable bonds is 35. The number of allylic oxidation sites excluding steroid dienone is 1. The van der Waals surface area contributed by atoms with Gasteiger partial charge in [-0.3, -0.25) is 9.32 Å². The van der Waals surface area contributed by atoms with Crippen molar-refractivity contribution in [1.29, 1.82) is 0 Å². The van der Waals surface area contributed by atoms with Crippen LogP contribution in [0.3, 0.4) is 0 Å². The van der Waals surface area contributed by atoms with Crippen molar-refractivity contribution in [2.24, 2.45) is 0 Å². The van der Waals surface area contributed by atoms with Crippen LogP contribution >= 0.6 is 7.82 Å². The average molecular weight is 660 g/mol. The lowest BCUT2D eigenvalue weighted by Crippen LogP contribution is -2.45. The maximum atomic E-state index is 12.5. The molecule has 45 heavy (non-hydrogen) atoms. The van der Waals surface area contributed by atoms with Gasteiger partial charge in [-0.25, -0.2) is 4.57 Å². The summed E-state index contributed by atoms with van der Waals surface area (Å²) in [7, 11) is -4.70. The molecule has 0 spiro atoms. The third-order valence-corrected chi connectivity index (χ3v) is 9.23. The van der Waals surface area contributed by atoms with E-state index in [2.05, 4.69) is 23.7 Å². The van der Waals surface area contributed by atoms with E-state index in [1.807, 2.05) is 6.08 Å². The molecule has 0 bridgehead atoms. The third-order valence-electron chi connectivity index (χ3n) is 8.75. The molecule has 0 unspecified atom stereocenters. The lowest BCUT2D eigenvalue weighted by atomic mass is 10.0. The van der Waals surface area contributed by atoms with Crippen LogP contribution < -0.4 is 5.32 Å². The molecule has 4 N–H and O–H groups in total. The van der Waals surface area contributed by atoms with Crippen molar-refractivity contribution < 1.29 is 28.8 Å². The second kappa shape index (κ2) is 33.2. The largest absolute Gasteiger partial charge is 0.469 e. The molecule has 0 saturated carbocycles. The first-order valence-electron chi connectivity index (χ1n) is 19.1. The molecule has 2 atom stereocenters. The number of hydrogen-bond donors (Lipinski definition) is 4. The van der Waals surface area contributed by atoms with Gasteiger partial charge in [0.05, 0.1) is 18.8 Å². The minimum Gasteiger partial charge on any atom is -0.387 e. The molecule has 0 aromatic rings. The van der Waals surface area contributed by atoms with Crippen LogP contribution in [0.5, 0.6) is 0 Å². The molecule has 0 aliphatic heterocycles. The van der Waals surface area contributed by atoms with Crippen molar-refractivity contribution in [2.45, 2.75) is 212 Å². The summed E-state index contributed by atoms with van der Waals surface area (Å²) in [6.45, 7) is 4.07. The normalized spacial score (nSPS) is 13.4. The highest BCUT2D eigenvalue weighted by Crippen LogP contribution is 2.35. The number of hydrogen-bond acceptors (Lipinski definition) is 4. The van der Waals surface area contributed by atoms with Gasteiger partial charge in [0.1, 0.15) is 0 Å². The Morgan fingerprint density at radius 2 is 0.978 bits per heavy atom. The number of aliphatic hydroxyl groups is 1. The number of carbonyl (C=O) groups excluding carboxylic acids is 1. The monoisotopic (exact) mass is 660 g/mol. The van der Waals surface area contributed by atoms with Crippen molar-refractivity contribution in [1.82, 2.24) is 5.32 Å². The first-order chi connectivity index (χ1) is 21.8. The van der Waals surface area contributed by atoms with E-state index in [1.165, 1.54) is 141 Å². The van der Waals surface area contributed by atoms with E-state index in [1.54, 1.807) is 6.08 Å². The Morgan fingerprint density at radius 1 is 0.622 bits per heavy atom. The SMILES string of the molecule is CCCCCCCCCCCCCCC/C=C/[C@@H](O)[C@H](COP(=O)(O)O)NC(=O)CCCCCCCCCCCCCCCC.